The number of ether oxygens (including phenoxy) is 2. The molecule has 2 heterocycles. The van der Waals surface area contributed by atoms with Crippen LogP contribution in [0.5, 0.6) is 11.5 Å². The van der Waals surface area contributed by atoms with E-state index >= 15 is 0 Å². The van der Waals surface area contributed by atoms with E-state index in [-0.39, 0.29) is 35.9 Å². The molecule has 1 aliphatic heterocycles. The first-order chi connectivity index (χ1) is 18.2. The van der Waals surface area contributed by atoms with E-state index < -0.39 is 23.9 Å². The molecule has 1 unspecified atom stereocenters. The molecule has 11 heteroatoms. The van der Waals surface area contributed by atoms with Crippen LogP contribution in [0.25, 0.3) is 10.9 Å². The first-order valence-corrected chi connectivity index (χ1v) is 12.7. The number of nitrogens with zero attached hydrogens (tertiary/aromatic N) is 2. The molecule has 3 aromatic rings. The van der Waals surface area contributed by atoms with Gasteiger partial charge in [0.2, 0.25) is 5.91 Å². The molecule has 3 N–H and O–H groups in total. The fraction of sp³-hybridized carbons (Fsp3) is 0.429. The Morgan fingerprint density at radius 3 is 2.44 bits per heavy atom. The Morgan fingerprint density at radius 1 is 1.10 bits per heavy atom. The van der Waals surface area contributed by atoms with Gasteiger partial charge in [-0.15, -0.1) is 8.78 Å². The smallest absolute Gasteiger partial charge is 0.465 e. The fourth-order valence-corrected chi connectivity index (χ4v) is 5.10. The lowest BCUT2D eigenvalue weighted by Crippen LogP contribution is -2.36. The van der Waals surface area contributed by atoms with E-state index in [2.05, 4.69) is 14.8 Å². The molecule has 0 spiro atoms. The number of aliphatic hydroxyl groups excluding tert-OH is 1. The van der Waals surface area contributed by atoms with Crippen molar-refractivity contribution >= 4 is 28.6 Å². The summed E-state index contributed by atoms with van der Waals surface area (Å²) in [5, 5.41) is 23.6. The lowest BCUT2D eigenvalue weighted by Gasteiger charge is -2.25. The standard InChI is InChI=1S/C28H31F2N3O6/c1-26(2,3)23-12-16-11-18(6-7-20(16)33(23)15-19(34)14-32(4)25(36)37)31-24(35)27(9-10-27)17-5-8-21-22(13-17)39-28(29,30)38-21/h5-8,11-13,19,34H,9-10,14-15H2,1-4H3,(H,31,35)(H,36,37). The summed E-state index contributed by atoms with van der Waals surface area (Å²) in [5.41, 5.74) is 1.85. The van der Waals surface area contributed by atoms with E-state index in [1.165, 1.54) is 19.2 Å². The van der Waals surface area contributed by atoms with Gasteiger partial charge in [0, 0.05) is 34.7 Å². The quantitative estimate of drug-likeness (QED) is 0.391. The number of aromatic nitrogens is 1. The van der Waals surface area contributed by atoms with Gasteiger partial charge in [-0.25, -0.2) is 4.79 Å². The van der Waals surface area contributed by atoms with Crippen molar-refractivity contribution in [3.8, 4) is 11.5 Å². The summed E-state index contributed by atoms with van der Waals surface area (Å²) in [5.74, 6) is -0.398. The van der Waals surface area contributed by atoms with E-state index in [0.29, 0.717) is 24.1 Å². The predicted molar refractivity (Wildman–Crippen MR) is 139 cm³/mol. The predicted octanol–water partition coefficient (Wildman–Crippen LogP) is 4.90. The molecule has 39 heavy (non-hydrogen) atoms. The van der Waals surface area contributed by atoms with Crippen LogP contribution in [0.2, 0.25) is 0 Å². The number of aliphatic hydroxyl groups is 1. The summed E-state index contributed by atoms with van der Waals surface area (Å²) >= 11 is 0. The normalized spacial score (nSPS) is 17.6. The van der Waals surface area contributed by atoms with Gasteiger partial charge >= 0.3 is 12.4 Å². The van der Waals surface area contributed by atoms with E-state index in [9.17, 15) is 23.5 Å². The van der Waals surface area contributed by atoms with Crippen molar-refractivity contribution in [3.63, 3.8) is 0 Å². The number of benzene rings is 2. The number of hydrogen-bond acceptors (Lipinski definition) is 5. The van der Waals surface area contributed by atoms with Crippen LogP contribution < -0.4 is 14.8 Å². The van der Waals surface area contributed by atoms with Gasteiger partial charge in [0.15, 0.2) is 11.5 Å². The molecule has 1 aromatic heterocycles. The van der Waals surface area contributed by atoms with E-state index in [4.69, 9.17) is 5.11 Å². The van der Waals surface area contributed by atoms with Crippen molar-refractivity contribution in [2.45, 2.75) is 63.4 Å². The lowest BCUT2D eigenvalue weighted by molar-refractivity contribution is -0.286. The van der Waals surface area contributed by atoms with Gasteiger partial charge in [0.25, 0.3) is 0 Å². The highest BCUT2D eigenvalue weighted by atomic mass is 19.3. The highest BCUT2D eigenvalue weighted by Crippen LogP contribution is 2.52. The van der Waals surface area contributed by atoms with Gasteiger partial charge in [-0.2, -0.15) is 0 Å². The number of nitrogens with one attached hydrogen (secondary N) is 1. The van der Waals surface area contributed by atoms with Crippen LogP contribution in [0.15, 0.2) is 42.5 Å². The molecule has 2 aliphatic rings. The maximum atomic E-state index is 13.5. The maximum absolute atomic E-state index is 13.5. The summed E-state index contributed by atoms with van der Waals surface area (Å²) < 4.78 is 37.9. The largest absolute Gasteiger partial charge is 0.586 e. The van der Waals surface area contributed by atoms with E-state index in [0.717, 1.165) is 21.5 Å². The third-order valence-corrected chi connectivity index (χ3v) is 7.27. The van der Waals surface area contributed by atoms with Crippen LogP contribution in [-0.4, -0.2) is 57.7 Å². The van der Waals surface area contributed by atoms with E-state index in [1.807, 2.05) is 43.5 Å². The number of carbonyl (C=O) groups excluding carboxylic acids is 1. The molecule has 1 atom stereocenters. The molecule has 2 aromatic carbocycles. The minimum Gasteiger partial charge on any atom is -0.465 e. The van der Waals surface area contributed by atoms with Crippen LogP contribution in [-0.2, 0) is 22.2 Å². The molecule has 2 amide bonds. The summed E-state index contributed by atoms with van der Waals surface area (Å²) in [6, 6.07) is 11.9. The van der Waals surface area contributed by atoms with E-state index in [1.54, 1.807) is 12.1 Å². The average Bonchev–Trinajstić information content (AvgIpc) is 3.47. The Bertz CT molecular complexity index is 1460. The van der Waals surface area contributed by atoms with Crippen LogP contribution in [0.4, 0.5) is 19.3 Å². The van der Waals surface area contributed by atoms with Gasteiger partial charge in [-0.1, -0.05) is 26.8 Å². The van der Waals surface area contributed by atoms with Crippen molar-refractivity contribution in [2.75, 3.05) is 18.9 Å². The van der Waals surface area contributed by atoms with Gasteiger partial charge in [0.05, 0.1) is 24.6 Å². The number of likely N-dealkylation sites (N-methyl/N-ethyl adjacent to an activating group) is 1. The second-order valence-corrected chi connectivity index (χ2v) is 11.3. The van der Waals surface area contributed by atoms with Crippen LogP contribution >= 0.6 is 0 Å². The molecule has 1 fully saturated rings. The van der Waals surface area contributed by atoms with Crippen LogP contribution in [0.1, 0.15) is 44.9 Å². The number of halogens is 2. The van der Waals surface area contributed by atoms with Crippen molar-refractivity contribution in [3.05, 3.63) is 53.7 Å². The number of rotatable bonds is 7. The first-order valence-electron chi connectivity index (χ1n) is 12.7. The molecular weight excluding hydrogens is 512 g/mol. The Kier molecular flexibility index (Phi) is 6.25. The summed E-state index contributed by atoms with van der Waals surface area (Å²) in [7, 11) is 1.41. The molecule has 208 valence electrons. The molecule has 1 saturated carbocycles. The monoisotopic (exact) mass is 543 g/mol. The molecule has 0 saturated heterocycles. The van der Waals surface area contributed by atoms with Crippen molar-refractivity contribution in [2.24, 2.45) is 0 Å². The van der Waals surface area contributed by atoms with Crippen molar-refractivity contribution in [1.82, 2.24) is 9.47 Å². The lowest BCUT2D eigenvalue weighted by atomic mass is 9.92. The zero-order valence-electron chi connectivity index (χ0n) is 22.1. The fourth-order valence-electron chi connectivity index (χ4n) is 5.10. The number of hydrogen-bond donors (Lipinski definition) is 3. The number of amides is 2. The van der Waals surface area contributed by atoms with Gasteiger partial charge < -0.3 is 34.5 Å². The van der Waals surface area contributed by atoms with Gasteiger partial charge in [0.1, 0.15) is 0 Å². The maximum Gasteiger partial charge on any atom is 0.586 e. The molecule has 1 aliphatic carbocycles. The number of carboxylic acid groups (broad SMARTS) is 1. The van der Waals surface area contributed by atoms with Gasteiger partial charge in [-0.05, 0) is 54.8 Å². The highest BCUT2D eigenvalue weighted by Gasteiger charge is 2.52. The molecule has 9 nitrogen and oxygen atoms in total. The minimum atomic E-state index is -3.72. The SMILES string of the molecule is CN(CC(O)Cn1c(C(C)(C)C)cc2cc(NC(=O)C3(c4ccc5c(c4)OC(F)(F)O5)CC3)ccc21)C(=O)O. The number of anilines is 1. The summed E-state index contributed by atoms with van der Waals surface area (Å²) in [6.07, 6.45) is -4.61. The molecule has 0 radical (unpaired) electrons. The zero-order chi connectivity index (χ0) is 28.3. The molecular formula is C28H31F2N3O6. The number of carbonyl (C=O) groups is 2. The summed E-state index contributed by atoms with van der Waals surface area (Å²) in [4.78, 5) is 25.6. The minimum absolute atomic E-state index is 0.0354. The Morgan fingerprint density at radius 2 is 1.79 bits per heavy atom. The number of alkyl halides is 2. The Balaban J connectivity index is 1.39. The molecule has 0 bridgehead atoms. The van der Waals surface area contributed by atoms with Crippen LogP contribution in [0, 0.1) is 0 Å². The topological polar surface area (TPSA) is 113 Å². The Labute approximate surface area is 223 Å². The second kappa shape index (κ2) is 9.11. The third-order valence-electron chi connectivity index (χ3n) is 7.27. The first kappa shape index (κ1) is 26.7. The van der Waals surface area contributed by atoms with Gasteiger partial charge in [-0.3, -0.25) is 4.79 Å². The zero-order valence-corrected chi connectivity index (χ0v) is 22.1. The third kappa shape index (κ3) is 5.10. The summed E-state index contributed by atoms with van der Waals surface area (Å²) in [6.45, 7) is 6.31. The second-order valence-electron chi connectivity index (χ2n) is 11.3. The van der Waals surface area contributed by atoms with Crippen molar-refractivity contribution in [1.29, 1.82) is 0 Å². The highest BCUT2D eigenvalue weighted by molar-refractivity contribution is 6.02. The Hall–Kier alpha value is -3.86. The van der Waals surface area contributed by atoms with Crippen molar-refractivity contribution < 1.29 is 38.1 Å². The molecule has 5 rings (SSSR count). The van der Waals surface area contributed by atoms with Crippen LogP contribution in [0.3, 0.4) is 0 Å². The number of fused-ring (bicyclic) bond motifs is 2. The average molecular weight is 544 g/mol.